The maximum Gasteiger partial charge on any atom is 0.242 e. The van der Waals surface area contributed by atoms with Crippen LogP contribution in [0.1, 0.15) is 20.3 Å². The Morgan fingerprint density at radius 1 is 1.44 bits per heavy atom. The standard InChI is InChI=1S/C12H21N3O2S/c1-5-9(2)15(4)11-7-6-10(13)8-12(11)18(16,17)14-3/h6-9,14H,5,13H2,1-4H3. The zero-order chi connectivity index (χ0) is 13.9. The highest BCUT2D eigenvalue weighted by Crippen LogP contribution is 2.28. The highest BCUT2D eigenvalue weighted by atomic mass is 32.2. The average molecular weight is 271 g/mol. The van der Waals surface area contributed by atoms with Gasteiger partial charge in [-0.15, -0.1) is 0 Å². The van der Waals surface area contributed by atoms with Crippen LogP contribution in [0.4, 0.5) is 11.4 Å². The molecule has 0 heterocycles. The van der Waals surface area contributed by atoms with Gasteiger partial charge in [0.1, 0.15) is 4.90 Å². The predicted octanol–water partition coefficient (Wildman–Crippen LogP) is 1.41. The fourth-order valence-corrected chi connectivity index (χ4v) is 2.66. The van der Waals surface area contributed by atoms with Gasteiger partial charge in [-0.25, -0.2) is 13.1 Å². The van der Waals surface area contributed by atoms with Crippen molar-refractivity contribution in [2.45, 2.75) is 31.2 Å². The number of hydrogen-bond donors (Lipinski definition) is 2. The lowest BCUT2D eigenvalue weighted by Crippen LogP contribution is -2.31. The van der Waals surface area contributed by atoms with Gasteiger partial charge >= 0.3 is 0 Å². The van der Waals surface area contributed by atoms with Crippen molar-refractivity contribution in [1.82, 2.24) is 4.72 Å². The molecule has 0 aliphatic heterocycles. The predicted molar refractivity (Wildman–Crippen MR) is 75.3 cm³/mol. The quantitative estimate of drug-likeness (QED) is 0.794. The number of rotatable bonds is 5. The molecular formula is C12H21N3O2S. The molecule has 102 valence electrons. The maximum atomic E-state index is 12.0. The topological polar surface area (TPSA) is 75.4 Å². The molecule has 0 aliphatic rings. The Morgan fingerprint density at radius 2 is 2.06 bits per heavy atom. The van der Waals surface area contributed by atoms with Gasteiger partial charge in [0.05, 0.1) is 5.69 Å². The summed E-state index contributed by atoms with van der Waals surface area (Å²) in [6.45, 7) is 4.11. The molecular weight excluding hydrogens is 250 g/mol. The minimum absolute atomic E-state index is 0.216. The monoisotopic (exact) mass is 271 g/mol. The van der Waals surface area contributed by atoms with Gasteiger partial charge in [0, 0.05) is 18.8 Å². The fraction of sp³-hybridized carbons (Fsp3) is 0.500. The molecule has 6 heteroatoms. The van der Waals surface area contributed by atoms with Crippen molar-refractivity contribution >= 4 is 21.4 Å². The zero-order valence-corrected chi connectivity index (χ0v) is 12.1. The molecule has 1 rings (SSSR count). The highest BCUT2D eigenvalue weighted by Gasteiger charge is 2.21. The van der Waals surface area contributed by atoms with Crippen LogP contribution >= 0.6 is 0 Å². The van der Waals surface area contributed by atoms with Crippen molar-refractivity contribution in [1.29, 1.82) is 0 Å². The normalized spacial score (nSPS) is 13.3. The summed E-state index contributed by atoms with van der Waals surface area (Å²) >= 11 is 0. The molecule has 1 aromatic carbocycles. The highest BCUT2D eigenvalue weighted by molar-refractivity contribution is 7.89. The number of sulfonamides is 1. The number of nitrogen functional groups attached to an aromatic ring is 1. The number of hydrogen-bond acceptors (Lipinski definition) is 4. The molecule has 0 saturated carbocycles. The van der Waals surface area contributed by atoms with Crippen LogP contribution in [0.3, 0.4) is 0 Å². The van der Waals surface area contributed by atoms with Crippen molar-refractivity contribution in [2.75, 3.05) is 24.7 Å². The Bertz CT molecular complexity index is 514. The van der Waals surface area contributed by atoms with Crippen molar-refractivity contribution in [3.05, 3.63) is 18.2 Å². The Morgan fingerprint density at radius 3 is 2.56 bits per heavy atom. The maximum absolute atomic E-state index is 12.0. The molecule has 0 aliphatic carbocycles. The molecule has 3 N–H and O–H groups in total. The van der Waals surface area contributed by atoms with E-state index < -0.39 is 10.0 Å². The van der Waals surface area contributed by atoms with E-state index >= 15 is 0 Å². The van der Waals surface area contributed by atoms with Gasteiger partial charge < -0.3 is 10.6 Å². The Balaban J connectivity index is 3.37. The molecule has 1 aromatic rings. The fourth-order valence-electron chi connectivity index (χ4n) is 1.66. The van der Waals surface area contributed by atoms with Crippen LogP contribution in [0.25, 0.3) is 0 Å². The third-order valence-corrected chi connectivity index (χ3v) is 4.62. The van der Waals surface area contributed by atoms with E-state index in [1.54, 1.807) is 12.1 Å². The van der Waals surface area contributed by atoms with Gasteiger partial charge in [0.2, 0.25) is 10.0 Å². The van der Waals surface area contributed by atoms with Crippen LogP contribution in [-0.2, 0) is 10.0 Å². The summed E-state index contributed by atoms with van der Waals surface area (Å²) in [4.78, 5) is 2.16. The van der Waals surface area contributed by atoms with Gasteiger partial charge in [-0.3, -0.25) is 0 Å². The third kappa shape index (κ3) is 2.94. The van der Waals surface area contributed by atoms with E-state index in [1.807, 2.05) is 18.9 Å². The Hall–Kier alpha value is -1.27. The average Bonchev–Trinajstić information content (AvgIpc) is 2.36. The first kappa shape index (κ1) is 14.8. The van der Waals surface area contributed by atoms with Crippen LogP contribution < -0.4 is 15.4 Å². The van der Waals surface area contributed by atoms with E-state index in [0.717, 1.165) is 6.42 Å². The molecule has 0 bridgehead atoms. The number of nitrogens with two attached hydrogens (primary N) is 1. The summed E-state index contributed by atoms with van der Waals surface area (Å²) < 4.78 is 26.3. The summed E-state index contributed by atoms with van der Waals surface area (Å²) in [7, 11) is -0.232. The summed E-state index contributed by atoms with van der Waals surface area (Å²) in [5, 5.41) is 0. The molecule has 0 amide bonds. The van der Waals surface area contributed by atoms with Gasteiger partial charge in [0.25, 0.3) is 0 Å². The number of anilines is 2. The molecule has 0 fully saturated rings. The summed E-state index contributed by atoms with van der Waals surface area (Å²) in [5.74, 6) is 0. The first-order valence-electron chi connectivity index (χ1n) is 5.89. The van der Waals surface area contributed by atoms with E-state index in [0.29, 0.717) is 11.4 Å². The van der Waals surface area contributed by atoms with Crippen LogP contribution in [-0.4, -0.2) is 28.6 Å². The molecule has 0 aromatic heterocycles. The van der Waals surface area contributed by atoms with E-state index in [9.17, 15) is 8.42 Å². The molecule has 1 unspecified atom stereocenters. The van der Waals surface area contributed by atoms with E-state index in [2.05, 4.69) is 11.6 Å². The van der Waals surface area contributed by atoms with Gasteiger partial charge in [-0.1, -0.05) is 6.92 Å². The number of nitrogens with one attached hydrogen (secondary N) is 1. The van der Waals surface area contributed by atoms with Crippen LogP contribution in [0.2, 0.25) is 0 Å². The Kier molecular flexibility index (Phi) is 4.59. The lowest BCUT2D eigenvalue weighted by Gasteiger charge is -2.28. The van der Waals surface area contributed by atoms with E-state index in [4.69, 9.17) is 5.73 Å². The Labute approximate surface area is 109 Å². The van der Waals surface area contributed by atoms with Gasteiger partial charge in [-0.05, 0) is 38.6 Å². The second kappa shape index (κ2) is 5.58. The van der Waals surface area contributed by atoms with Crippen molar-refractivity contribution in [2.24, 2.45) is 0 Å². The first-order chi connectivity index (χ1) is 8.33. The molecule has 1 atom stereocenters. The molecule has 0 radical (unpaired) electrons. The lowest BCUT2D eigenvalue weighted by molar-refractivity contribution is 0.586. The lowest BCUT2D eigenvalue weighted by atomic mass is 10.2. The molecule has 5 nitrogen and oxygen atoms in total. The third-order valence-electron chi connectivity index (χ3n) is 3.17. The number of nitrogens with zero attached hydrogens (tertiary/aromatic N) is 1. The van der Waals surface area contributed by atoms with Crippen LogP contribution in [0, 0.1) is 0 Å². The first-order valence-corrected chi connectivity index (χ1v) is 7.37. The SMILES string of the molecule is CCC(C)N(C)c1ccc(N)cc1S(=O)(=O)NC. The molecule has 0 saturated heterocycles. The van der Waals surface area contributed by atoms with E-state index in [1.165, 1.54) is 13.1 Å². The van der Waals surface area contributed by atoms with Gasteiger partial charge in [-0.2, -0.15) is 0 Å². The van der Waals surface area contributed by atoms with Crippen LogP contribution in [0.15, 0.2) is 23.1 Å². The van der Waals surface area contributed by atoms with Crippen molar-refractivity contribution in [3.8, 4) is 0 Å². The van der Waals surface area contributed by atoms with Gasteiger partial charge in [0.15, 0.2) is 0 Å². The largest absolute Gasteiger partial charge is 0.399 e. The van der Waals surface area contributed by atoms with Crippen LogP contribution in [0.5, 0.6) is 0 Å². The van der Waals surface area contributed by atoms with E-state index in [-0.39, 0.29) is 10.9 Å². The van der Waals surface area contributed by atoms with Crippen molar-refractivity contribution in [3.63, 3.8) is 0 Å². The van der Waals surface area contributed by atoms with Crippen molar-refractivity contribution < 1.29 is 8.42 Å². The second-order valence-corrected chi connectivity index (χ2v) is 6.16. The summed E-state index contributed by atoms with van der Waals surface area (Å²) in [5.41, 5.74) is 6.77. The minimum Gasteiger partial charge on any atom is -0.399 e. The summed E-state index contributed by atoms with van der Waals surface area (Å²) in [6, 6.07) is 5.19. The molecule has 0 spiro atoms. The summed E-state index contributed by atoms with van der Waals surface area (Å²) in [6.07, 6.45) is 0.930. The zero-order valence-electron chi connectivity index (χ0n) is 11.3. The number of benzene rings is 1. The smallest absolute Gasteiger partial charge is 0.242 e. The minimum atomic E-state index is -3.51. The second-order valence-electron chi connectivity index (χ2n) is 4.30. The molecule has 18 heavy (non-hydrogen) atoms.